The summed E-state index contributed by atoms with van der Waals surface area (Å²) in [5.41, 5.74) is 6.12. The third-order valence-corrected chi connectivity index (χ3v) is 4.95. The number of rotatable bonds is 7. The number of carbonyl (C=O) groups excluding carboxylic acids is 1. The second-order valence-corrected chi connectivity index (χ2v) is 7.13. The summed E-state index contributed by atoms with van der Waals surface area (Å²) in [7, 11) is 0. The normalized spacial score (nSPS) is 10.9. The van der Waals surface area contributed by atoms with E-state index in [1.807, 2.05) is 67.1 Å². The molecule has 1 heterocycles. The van der Waals surface area contributed by atoms with E-state index in [1.165, 1.54) is 5.56 Å². The van der Waals surface area contributed by atoms with Crippen LogP contribution in [0.3, 0.4) is 0 Å². The van der Waals surface area contributed by atoms with Crippen molar-refractivity contribution >= 4 is 17.5 Å². The van der Waals surface area contributed by atoms with Crippen molar-refractivity contribution in [1.29, 1.82) is 0 Å². The van der Waals surface area contributed by atoms with E-state index in [-0.39, 0.29) is 5.91 Å². The van der Waals surface area contributed by atoms with Crippen molar-refractivity contribution < 1.29 is 4.79 Å². The molecule has 3 aromatic rings. The SMILES string of the molecule is CCNC(=O)c1ccc(CNCc2c(C)nn(-c3ccc(Cl)cc3)c2C)cc1. The van der Waals surface area contributed by atoms with Crippen LogP contribution in [0.1, 0.15) is 39.8 Å². The van der Waals surface area contributed by atoms with Gasteiger partial charge in [-0.3, -0.25) is 4.79 Å². The minimum Gasteiger partial charge on any atom is -0.352 e. The second kappa shape index (κ2) is 9.04. The monoisotopic (exact) mass is 396 g/mol. The number of hydrogen-bond acceptors (Lipinski definition) is 3. The predicted octanol–water partition coefficient (Wildman–Crippen LogP) is 4.18. The number of aryl methyl sites for hydroxylation is 1. The van der Waals surface area contributed by atoms with Gasteiger partial charge in [0.25, 0.3) is 5.91 Å². The lowest BCUT2D eigenvalue weighted by Gasteiger charge is -2.08. The van der Waals surface area contributed by atoms with Gasteiger partial charge in [-0.2, -0.15) is 5.10 Å². The first kappa shape index (κ1) is 20.1. The first-order chi connectivity index (χ1) is 13.5. The van der Waals surface area contributed by atoms with E-state index in [4.69, 9.17) is 11.6 Å². The molecule has 0 unspecified atom stereocenters. The molecule has 2 N–H and O–H groups in total. The number of hydrogen-bond donors (Lipinski definition) is 2. The van der Waals surface area contributed by atoms with Gasteiger partial charge in [-0.05, 0) is 62.7 Å². The number of nitrogens with one attached hydrogen (secondary N) is 2. The van der Waals surface area contributed by atoms with Crippen LogP contribution in [0.2, 0.25) is 5.02 Å². The largest absolute Gasteiger partial charge is 0.352 e. The summed E-state index contributed by atoms with van der Waals surface area (Å²) in [6.45, 7) is 8.09. The first-order valence-corrected chi connectivity index (χ1v) is 9.76. The molecule has 0 atom stereocenters. The van der Waals surface area contributed by atoms with Crippen LogP contribution < -0.4 is 10.6 Å². The summed E-state index contributed by atoms with van der Waals surface area (Å²) < 4.78 is 1.95. The Bertz CT molecular complexity index is 946. The number of benzene rings is 2. The number of carbonyl (C=O) groups is 1. The van der Waals surface area contributed by atoms with Gasteiger partial charge in [0.2, 0.25) is 0 Å². The van der Waals surface area contributed by atoms with E-state index in [9.17, 15) is 4.79 Å². The highest BCUT2D eigenvalue weighted by Gasteiger charge is 2.12. The lowest BCUT2D eigenvalue weighted by atomic mass is 10.1. The highest BCUT2D eigenvalue weighted by atomic mass is 35.5. The minimum absolute atomic E-state index is 0.0390. The molecule has 0 aliphatic carbocycles. The Balaban J connectivity index is 1.63. The topological polar surface area (TPSA) is 59.0 Å². The fraction of sp³-hybridized carbons (Fsp3) is 0.273. The summed E-state index contributed by atoms with van der Waals surface area (Å²) in [4.78, 5) is 11.8. The van der Waals surface area contributed by atoms with Crippen LogP contribution in [0, 0.1) is 13.8 Å². The summed E-state index contributed by atoms with van der Waals surface area (Å²) in [5, 5.41) is 11.7. The fourth-order valence-electron chi connectivity index (χ4n) is 3.13. The Labute approximate surface area is 170 Å². The van der Waals surface area contributed by atoms with Crippen LogP contribution in [0.4, 0.5) is 0 Å². The summed E-state index contributed by atoms with van der Waals surface area (Å²) in [6, 6.07) is 15.4. The average Bonchev–Trinajstić information content (AvgIpc) is 2.97. The van der Waals surface area contributed by atoms with Crippen LogP contribution >= 0.6 is 11.6 Å². The van der Waals surface area contributed by atoms with E-state index in [2.05, 4.69) is 22.7 Å². The summed E-state index contributed by atoms with van der Waals surface area (Å²) >= 11 is 5.98. The molecule has 3 rings (SSSR count). The fourth-order valence-corrected chi connectivity index (χ4v) is 3.26. The molecule has 0 fully saturated rings. The van der Waals surface area contributed by atoms with E-state index in [0.29, 0.717) is 17.1 Å². The Hall–Kier alpha value is -2.63. The molecule has 6 heteroatoms. The molecular weight excluding hydrogens is 372 g/mol. The van der Waals surface area contributed by atoms with E-state index < -0.39 is 0 Å². The van der Waals surface area contributed by atoms with Gasteiger partial charge in [-0.1, -0.05) is 23.7 Å². The van der Waals surface area contributed by atoms with Crippen molar-refractivity contribution in [2.24, 2.45) is 0 Å². The first-order valence-electron chi connectivity index (χ1n) is 9.38. The predicted molar refractivity (Wildman–Crippen MR) is 113 cm³/mol. The third-order valence-electron chi connectivity index (χ3n) is 4.70. The zero-order chi connectivity index (χ0) is 20.1. The van der Waals surface area contributed by atoms with Crippen LogP contribution in [0.5, 0.6) is 0 Å². The highest BCUT2D eigenvalue weighted by molar-refractivity contribution is 6.30. The van der Waals surface area contributed by atoms with Crippen molar-refractivity contribution in [3.63, 3.8) is 0 Å². The molecule has 0 aliphatic heterocycles. The average molecular weight is 397 g/mol. The minimum atomic E-state index is -0.0390. The standard InChI is InChI=1S/C22H25ClN4O/c1-4-25-22(28)18-7-5-17(6-8-18)13-24-14-21-15(2)26-27(16(21)3)20-11-9-19(23)10-12-20/h5-12,24H,4,13-14H2,1-3H3,(H,25,28). The van der Waals surface area contributed by atoms with Crippen LogP contribution in [0.25, 0.3) is 5.69 Å². The maximum Gasteiger partial charge on any atom is 0.251 e. The molecule has 28 heavy (non-hydrogen) atoms. The van der Waals surface area contributed by atoms with Crippen molar-refractivity contribution in [2.45, 2.75) is 33.9 Å². The summed E-state index contributed by atoms with van der Waals surface area (Å²) in [6.07, 6.45) is 0. The van der Waals surface area contributed by atoms with Gasteiger partial charge >= 0.3 is 0 Å². The third kappa shape index (κ3) is 4.61. The van der Waals surface area contributed by atoms with Gasteiger partial charge in [-0.25, -0.2) is 4.68 Å². The number of amides is 1. The molecular formula is C22H25ClN4O. The van der Waals surface area contributed by atoms with Crippen molar-refractivity contribution in [1.82, 2.24) is 20.4 Å². The molecule has 0 saturated carbocycles. The van der Waals surface area contributed by atoms with Crippen molar-refractivity contribution in [3.8, 4) is 5.69 Å². The quantitative estimate of drug-likeness (QED) is 0.629. The Morgan fingerprint density at radius 1 is 1.04 bits per heavy atom. The van der Waals surface area contributed by atoms with Gasteiger partial charge in [0.15, 0.2) is 0 Å². The highest BCUT2D eigenvalue weighted by Crippen LogP contribution is 2.19. The lowest BCUT2D eigenvalue weighted by Crippen LogP contribution is -2.22. The van der Waals surface area contributed by atoms with Crippen LogP contribution in [-0.4, -0.2) is 22.2 Å². The molecule has 1 amide bonds. The molecule has 146 valence electrons. The molecule has 1 aromatic heterocycles. The zero-order valence-electron chi connectivity index (χ0n) is 16.4. The van der Waals surface area contributed by atoms with Gasteiger partial charge in [0.1, 0.15) is 0 Å². The van der Waals surface area contributed by atoms with Crippen molar-refractivity contribution in [2.75, 3.05) is 6.54 Å². The molecule has 0 aliphatic rings. The Morgan fingerprint density at radius 2 is 1.71 bits per heavy atom. The number of nitrogens with zero attached hydrogens (tertiary/aromatic N) is 2. The van der Waals surface area contributed by atoms with Gasteiger partial charge in [0.05, 0.1) is 11.4 Å². The van der Waals surface area contributed by atoms with Crippen molar-refractivity contribution in [3.05, 3.63) is 81.6 Å². The van der Waals surface area contributed by atoms with E-state index in [0.717, 1.165) is 35.7 Å². The molecule has 0 spiro atoms. The zero-order valence-corrected chi connectivity index (χ0v) is 17.2. The number of halogens is 1. The maximum atomic E-state index is 11.8. The maximum absolute atomic E-state index is 11.8. The second-order valence-electron chi connectivity index (χ2n) is 6.70. The Kier molecular flexibility index (Phi) is 6.49. The van der Waals surface area contributed by atoms with Crippen LogP contribution in [-0.2, 0) is 13.1 Å². The molecule has 0 saturated heterocycles. The van der Waals surface area contributed by atoms with E-state index in [1.54, 1.807) is 0 Å². The number of aromatic nitrogens is 2. The van der Waals surface area contributed by atoms with Gasteiger partial charge in [-0.15, -0.1) is 0 Å². The smallest absolute Gasteiger partial charge is 0.251 e. The molecule has 2 aromatic carbocycles. The van der Waals surface area contributed by atoms with Gasteiger partial charge in [0, 0.05) is 41.5 Å². The van der Waals surface area contributed by atoms with E-state index >= 15 is 0 Å². The lowest BCUT2D eigenvalue weighted by molar-refractivity contribution is 0.0956. The van der Waals surface area contributed by atoms with Crippen LogP contribution in [0.15, 0.2) is 48.5 Å². The molecule has 0 radical (unpaired) electrons. The summed E-state index contributed by atoms with van der Waals surface area (Å²) in [5.74, 6) is -0.0390. The molecule has 0 bridgehead atoms. The van der Waals surface area contributed by atoms with Gasteiger partial charge < -0.3 is 10.6 Å². The Morgan fingerprint density at radius 3 is 2.36 bits per heavy atom. The molecule has 5 nitrogen and oxygen atoms in total.